The third-order valence-corrected chi connectivity index (χ3v) is 3.60. The number of hydrogen-bond acceptors (Lipinski definition) is 2. The van der Waals surface area contributed by atoms with Gasteiger partial charge in [0.05, 0.1) is 11.6 Å². The van der Waals surface area contributed by atoms with Gasteiger partial charge >= 0.3 is 0 Å². The molecule has 0 aliphatic carbocycles. The molecule has 0 amide bonds. The van der Waals surface area contributed by atoms with Gasteiger partial charge in [-0.2, -0.15) is 0 Å². The second-order valence-corrected chi connectivity index (χ2v) is 5.01. The number of aromatic nitrogens is 1. The number of benzene rings is 1. The van der Waals surface area contributed by atoms with Crippen molar-refractivity contribution in [3.8, 4) is 5.88 Å². The summed E-state index contributed by atoms with van der Waals surface area (Å²) in [5.74, 6) is 0.847. The first kappa shape index (κ1) is 10.6. The van der Waals surface area contributed by atoms with Crippen molar-refractivity contribution in [1.29, 1.82) is 0 Å². The van der Waals surface area contributed by atoms with Crippen LogP contribution in [0.2, 0.25) is 0 Å². The number of fused-ring (bicyclic) bond motifs is 2. The first-order valence-corrected chi connectivity index (χ1v) is 6.21. The van der Waals surface area contributed by atoms with Gasteiger partial charge in [-0.15, -0.1) is 0 Å². The van der Waals surface area contributed by atoms with Crippen molar-refractivity contribution in [2.75, 3.05) is 0 Å². The van der Waals surface area contributed by atoms with E-state index in [0.29, 0.717) is 0 Å². The van der Waals surface area contributed by atoms with E-state index in [0.717, 1.165) is 24.2 Å². The van der Waals surface area contributed by atoms with E-state index in [1.54, 1.807) is 0 Å². The van der Waals surface area contributed by atoms with Crippen LogP contribution in [-0.2, 0) is 6.42 Å². The summed E-state index contributed by atoms with van der Waals surface area (Å²) in [6, 6.07) is 6.45. The van der Waals surface area contributed by atoms with Crippen molar-refractivity contribution >= 4 is 10.9 Å². The van der Waals surface area contributed by atoms with E-state index in [1.807, 2.05) is 0 Å². The minimum absolute atomic E-state index is 0.289. The standard InChI is InChI=1S/C15H17NO/c1-9-4-6-12-11(3)13-7-5-10(2)17-15(13)16-14(12)8-9/h4,6,8,10H,5,7H2,1-3H3. The molecule has 0 saturated heterocycles. The summed E-state index contributed by atoms with van der Waals surface area (Å²) < 4.78 is 5.85. The Balaban J connectivity index is 2.28. The summed E-state index contributed by atoms with van der Waals surface area (Å²) in [5, 5.41) is 1.26. The first-order valence-electron chi connectivity index (χ1n) is 6.21. The molecule has 3 rings (SSSR count). The number of ether oxygens (including phenoxy) is 1. The molecule has 0 bridgehead atoms. The average Bonchev–Trinajstić information content (AvgIpc) is 2.28. The third kappa shape index (κ3) is 1.68. The molecule has 0 N–H and O–H groups in total. The first-order chi connectivity index (χ1) is 8.15. The molecule has 1 unspecified atom stereocenters. The third-order valence-electron chi connectivity index (χ3n) is 3.60. The summed E-state index contributed by atoms with van der Waals surface area (Å²) in [6.45, 7) is 6.39. The van der Waals surface area contributed by atoms with E-state index in [9.17, 15) is 0 Å². The zero-order valence-electron chi connectivity index (χ0n) is 10.6. The highest BCUT2D eigenvalue weighted by molar-refractivity contribution is 5.84. The van der Waals surface area contributed by atoms with Crippen LogP contribution in [0.25, 0.3) is 10.9 Å². The second-order valence-electron chi connectivity index (χ2n) is 5.01. The summed E-state index contributed by atoms with van der Waals surface area (Å²) in [6.07, 6.45) is 2.46. The summed E-state index contributed by atoms with van der Waals surface area (Å²) in [4.78, 5) is 4.67. The predicted molar refractivity (Wildman–Crippen MR) is 69.6 cm³/mol. The van der Waals surface area contributed by atoms with Gasteiger partial charge in [-0.3, -0.25) is 0 Å². The van der Waals surface area contributed by atoms with Crippen LogP contribution in [-0.4, -0.2) is 11.1 Å². The molecule has 1 aliphatic rings. The monoisotopic (exact) mass is 227 g/mol. The Morgan fingerprint density at radius 3 is 2.94 bits per heavy atom. The van der Waals surface area contributed by atoms with E-state index in [2.05, 4.69) is 44.0 Å². The number of nitrogens with zero attached hydrogens (tertiary/aromatic N) is 1. The zero-order valence-corrected chi connectivity index (χ0v) is 10.6. The SMILES string of the molecule is Cc1ccc2c(C)c3c(nc2c1)OC(C)CC3. The molecular weight excluding hydrogens is 210 g/mol. The number of pyridine rings is 1. The lowest BCUT2D eigenvalue weighted by Gasteiger charge is -2.24. The van der Waals surface area contributed by atoms with E-state index in [1.165, 1.54) is 22.1 Å². The van der Waals surface area contributed by atoms with Crippen molar-refractivity contribution in [3.63, 3.8) is 0 Å². The van der Waals surface area contributed by atoms with Crippen LogP contribution in [0.3, 0.4) is 0 Å². The van der Waals surface area contributed by atoms with Gasteiger partial charge in [-0.25, -0.2) is 4.98 Å². The smallest absolute Gasteiger partial charge is 0.217 e. The Labute approximate surface area is 102 Å². The fourth-order valence-electron chi connectivity index (χ4n) is 2.54. The Morgan fingerprint density at radius 2 is 2.12 bits per heavy atom. The lowest BCUT2D eigenvalue weighted by molar-refractivity contribution is 0.184. The van der Waals surface area contributed by atoms with Gasteiger partial charge in [-0.05, 0) is 50.8 Å². The Kier molecular flexibility index (Phi) is 2.32. The van der Waals surface area contributed by atoms with Crippen LogP contribution in [0.4, 0.5) is 0 Å². The summed E-state index contributed by atoms with van der Waals surface area (Å²) in [5.41, 5.74) is 4.92. The normalized spacial score (nSPS) is 18.9. The summed E-state index contributed by atoms with van der Waals surface area (Å²) in [7, 11) is 0. The van der Waals surface area contributed by atoms with Gasteiger partial charge in [0.15, 0.2) is 0 Å². The molecule has 17 heavy (non-hydrogen) atoms. The molecule has 0 spiro atoms. The maximum Gasteiger partial charge on any atom is 0.217 e. The van der Waals surface area contributed by atoms with E-state index < -0.39 is 0 Å². The van der Waals surface area contributed by atoms with Crippen LogP contribution < -0.4 is 4.74 Å². The summed E-state index contributed by atoms with van der Waals surface area (Å²) >= 11 is 0. The van der Waals surface area contributed by atoms with Crippen molar-refractivity contribution in [1.82, 2.24) is 4.98 Å². The van der Waals surface area contributed by atoms with Gasteiger partial charge in [-0.1, -0.05) is 12.1 Å². The molecule has 2 heterocycles. The molecule has 1 aliphatic heterocycles. The topological polar surface area (TPSA) is 22.1 Å². The predicted octanol–water partition coefficient (Wildman–Crippen LogP) is 3.57. The van der Waals surface area contributed by atoms with Crippen LogP contribution >= 0.6 is 0 Å². The second kappa shape index (κ2) is 3.73. The maximum absolute atomic E-state index is 5.85. The number of rotatable bonds is 0. The lowest BCUT2D eigenvalue weighted by Crippen LogP contribution is -2.20. The molecule has 88 valence electrons. The van der Waals surface area contributed by atoms with E-state index >= 15 is 0 Å². The Bertz CT molecular complexity index is 589. The van der Waals surface area contributed by atoms with Crippen molar-refractivity contribution in [3.05, 3.63) is 34.9 Å². The minimum atomic E-state index is 0.289. The number of aryl methyl sites for hydroxylation is 2. The van der Waals surface area contributed by atoms with Gasteiger partial charge in [0.1, 0.15) is 0 Å². The highest BCUT2D eigenvalue weighted by Gasteiger charge is 2.20. The molecular formula is C15H17NO. The van der Waals surface area contributed by atoms with Crippen LogP contribution in [0.5, 0.6) is 5.88 Å². The average molecular weight is 227 g/mol. The molecule has 1 atom stereocenters. The fourth-order valence-corrected chi connectivity index (χ4v) is 2.54. The van der Waals surface area contributed by atoms with Gasteiger partial charge < -0.3 is 4.74 Å². The van der Waals surface area contributed by atoms with Crippen LogP contribution in [0.1, 0.15) is 30.0 Å². The molecule has 2 nitrogen and oxygen atoms in total. The highest BCUT2D eigenvalue weighted by Crippen LogP contribution is 2.33. The van der Waals surface area contributed by atoms with Crippen molar-refractivity contribution < 1.29 is 4.74 Å². The Hall–Kier alpha value is -1.57. The molecule has 2 heteroatoms. The quantitative estimate of drug-likeness (QED) is 0.686. The van der Waals surface area contributed by atoms with Crippen LogP contribution in [0, 0.1) is 13.8 Å². The highest BCUT2D eigenvalue weighted by atomic mass is 16.5. The minimum Gasteiger partial charge on any atom is -0.474 e. The number of hydrogen-bond donors (Lipinski definition) is 0. The maximum atomic E-state index is 5.85. The molecule has 1 aromatic heterocycles. The fraction of sp³-hybridized carbons (Fsp3) is 0.400. The van der Waals surface area contributed by atoms with Crippen molar-refractivity contribution in [2.45, 2.75) is 39.7 Å². The van der Waals surface area contributed by atoms with Crippen LogP contribution in [0.15, 0.2) is 18.2 Å². The molecule has 0 radical (unpaired) electrons. The molecule has 1 aromatic carbocycles. The molecule has 2 aromatic rings. The van der Waals surface area contributed by atoms with Gasteiger partial charge in [0.25, 0.3) is 0 Å². The Morgan fingerprint density at radius 1 is 1.29 bits per heavy atom. The van der Waals surface area contributed by atoms with Gasteiger partial charge in [0, 0.05) is 10.9 Å². The van der Waals surface area contributed by atoms with Crippen molar-refractivity contribution in [2.24, 2.45) is 0 Å². The molecule has 0 saturated carbocycles. The van der Waals surface area contributed by atoms with Gasteiger partial charge in [0.2, 0.25) is 5.88 Å². The van der Waals surface area contributed by atoms with E-state index in [4.69, 9.17) is 4.74 Å². The van der Waals surface area contributed by atoms with E-state index in [-0.39, 0.29) is 6.10 Å². The largest absolute Gasteiger partial charge is 0.474 e. The zero-order chi connectivity index (χ0) is 12.0. The molecule has 0 fully saturated rings. The lowest BCUT2D eigenvalue weighted by atomic mass is 9.97.